The van der Waals surface area contributed by atoms with Crippen LogP contribution in [0.1, 0.15) is 16.7 Å². The van der Waals surface area contributed by atoms with E-state index in [9.17, 15) is 31.4 Å². The first-order valence-corrected chi connectivity index (χ1v) is 8.04. The fraction of sp³-hybridized carbons (Fsp3) is 0.150. The van der Waals surface area contributed by atoms with Gasteiger partial charge < -0.3 is 5.11 Å². The third-order valence-corrected chi connectivity index (χ3v) is 4.09. The van der Waals surface area contributed by atoms with Crippen LogP contribution in [0.2, 0.25) is 0 Å². The van der Waals surface area contributed by atoms with Crippen LogP contribution < -0.4 is 0 Å². The Morgan fingerprint density at radius 3 is 1.82 bits per heavy atom. The second-order valence-electron chi connectivity index (χ2n) is 6.05. The molecule has 2 aromatic carbocycles. The van der Waals surface area contributed by atoms with Gasteiger partial charge in [-0.25, -0.2) is 0 Å². The van der Waals surface area contributed by atoms with Crippen molar-refractivity contribution in [2.45, 2.75) is 19.0 Å². The highest BCUT2D eigenvalue weighted by Gasteiger charge is 2.32. The Labute approximate surface area is 156 Å². The molecule has 0 radical (unpaired) electrons. The van der Waals surface area contributed by atoms with E-state index < -0.39 is 30.1 Å². The number of halogens is 6. The molecule has 0 aliphatic carbocycles. The van der Waals surface area contributed by atoms with Gasteiger partial charge in [-0.05, 0) is 41.5 Å². The van der Waals surface area contributed by atoms with Crippen LogP contribution in [-0.2, 0) is 19.0 Å². The molecular weight excluding hydrogens is 384 g/mol. The molecule has 0 unspecified atom stereocenters. The van der Waals surface area contributed by atoms with Crippen LogP contribution in [0, 0.1) is 0 Å². The van der Waals surface area contributed by atoms with Crippen LogP contribution in [0.5, 0.6) is 0 Å². The van der Waals surface area contributed by atoms with Crippen LogP contribution in [0.15, 0.2) is 60.8 Å². The summed E-state index contributed by atoms with van der Waals surface area (Å²) in [6.45, 7) is -0.415. The molecule has 0 saturated heterocycles. The largest absolute Gasteiger partial charge is 0.416 e. The maximum absolute atomic E-state index is 13.1. The van der Waals surface area contributed by atoms with Gasteiger partial charge in [-0.3, -0.25) is 4.98 Å². The smallest absolute Gasteiger partial charge is 0.392 e. The average Bonchev–Trinajstić information content (AvgIpc) is 2.66. The molecule has 1 aromatic heterocycles. The third kappa shape index (κ3) is 4.17. The summed E-state index contributed by atoms with van der Waals surface area (Å²) >= 11 is 0. The Balaban J connectivity index is 2.20. The maximum atomic E-state index is 13.1. The molecular formula is C20H13F6NO. The normalized spacial score (nSPS) is 12.2. The van der Waals surface area contributed by atoms with Crippen LogP contribution in [0.3, 0.4) is 0 Å². The van der Waals surface area contributed by atoms with Crippen molar-refractivity contribution in [1.82, 2.24) is 4.98 Å². The first-order valence-electron chi connectivity index (χ1n) is 8.04. The lowest BCUT2D eigenvalue weighted by molar-refractivity contribution is -0.138. The monoisotopic (exact) mass is 397 g/mol. The van der Waals surface area contributed by atoms with Crippen molar-refractivity contribution in [1.29, 1.82) is 0 Å². The molecule has 3 rings (SSSR count). The number of hydrogen-bond acceptors (Lipinski definition) is 2. The summed E-state index contributed by atoms with van der Waals surface area (Å²) in [6, 6.07) is 10.2. The van der Waals surface area contributed by atoms with Gasteiger partial charge in [0.05, 0.1) is 23.4 Å². The Morgan fingerprint density at radius 2 is 1.29 bits per heavy atom. The summed E-state index contributed by atoms with van der Waals surface area (Å²) in [4.78, 5) is 4.10. The number of pyridine rings is 1. The summed E-state index contributed by atoms with van der Waals surface area (Å²) in [5.41, 5.74) is -0.957. The minimum atomic E-state index is -4.58. The van der Waals surface area contributed by atoms with E-state index in [1.165, 1.54) is 36.5 Å². The molecule has 0 fully saturated rings. The van der Waals surface area contributed by atoms with E-state index in [0.29, 0.717) is 5.56 Å². The van der Waals surface area contributed by atoms with Crippen molar-refractivity contribution >= 4 is 0 Å². The van der Waals surface area contributed by atoms with Crippen molar-refractivity contribution in [3.63, 3.8) is 0 Å². The number of benzene rings is 2. The highest BCUT2D eigenvalue weighted by Crippen LogP contribution is 2.37. The van der Waals surface area contributed by atoms with Gasteiger partial charge in [-0.15, -0.1) is 0 Å². The van der Waals surface area contributed by atoms with Crippen LogP contribution in [0.4, 0.5) is 26.3 Å². The van der Waals surface area contributed by atoms with Crippen LogP contribution in [0.25, 0.3) is 22.4 Å². The lowest BCUT2D eigenvalue weighted by atomic mass is 9.95. The first kappa shape index (κ1) is 19.9. The molecule has 146 valence electrons. The van der Waals surface area contributed by atoms with Gasteiger partial charge in [0.25, 0.3) is 0 Å². The molecule has 3 aromatic rings. The highest BCUT2D eigenvalue weighted by atomic mass is 19.4. The van der Waals surface area contributed by atoms with E-state index in [1.807, 2.05) is 0 Å². The molecule has 28 heavy (non-hydrogen) atoms. The fourth-order valence-electron chi connectivity index (χ4n) is 2.75. The van der Waals surface area contributed by atoms with Gasteiger partial charge in [0.15, 0.2) is 0 Å². The van der Waals surface area contributed by atoms with Crippen molar-refractivity contribution in [2.24, 2.45) is 0 Å². The van der Waals surface area contributed by atoms with Gasteiger partial charge in [0, 0.05) is 17.3 Å². The Hall–Kier alpha value is -2.87. The minimum Gasteiger partial charge on any atom is -0.392 e. The number of nitrogens with zero attached hydrogens (tertiary/aromatic N) is 1. The molecule has 0 atom stereocenters. The number of aliphatic hydroxyl groups excluding tert-OH is 1. The average molecular weight is 397 g/mol. The summed E-state index contributed by atoms with van der Waals surface area (Å²) in [5, 5.41) is 9.34. The van der Waals surface area contributed by atoms with E-state index in [1.54, 1.807) is 0 Å². The van der Waals surface area contributed by atoms with E-state index in [0.717, 1.165) is 24.3 Å². The van der Waals surface area contributed by atoms with Crippen LogP contribution >= 0.6 is 0 Å². The summed E-state index contributed by atoms with van der Waals surface area (Å²) in [5.74, 6) is 0. The topological polar surface area (TPSA) is 33.1 Å². The standard InChI is InChI=1S/C20H13F6NO/c21-19(22,23)15-5-1-3-13(8-15)17-7-12(11-28)10-27-18(17)14-4-2-6-16(9-14)20(24,25)26/h1-10,28H,11H2. The van der Waals surface area contributed by atoms with Gasteiger partial charge in [-0.2, -0.15) is 26.3 Å². The first-order chi connectivity index (χ1) is 13.1. The van der Waals surface area contributed by atoms with Crippen molar-refractivity contribution in [3.05, 3.63) is 77.5 Å². The minimum absolute atomic E-state index is 0.0858. The quantitative estimate of drug-likeness (QED) is 0.555. The maximum Gasteiger partial charge on any atom is 0.416 e. The number of hydrogen-bond donors (Lipinski definition) is 1. The van der Waals surface area contributed by atoms with Gasteiger partial charge >= 0.3 is 12.4 Å². The molecule has 8 heteroatoms. The van der Waals surface area contributed by atoms with Crippen molar-refractivity contribution in [2.75, 3.05) is 0 Å². The van der Waals surface area contributed by atoms with Gasteiger partial charge in [-0.1, -0.05) is 24.3 Å². The zero-order chi connectivity index (χ0) is 20.5. The number of aromatic nitrogens is 1. The van der Waals surface area contributed by atoms with Crippen LogP contribution in [-0.4, -0.2) is 10.1 Å². The van der Waals surface area contributed by atoms with E-state index >= 15 is 0 Å². The zero-order valence-electron chi connectivity index (χ0n) is 14.1. The molecule has 1 heterocycles. The van der Waals surface area contributed by atoms with Gasteiger partial charge in [0.1, 0.15) is 0 Å². The predicted molar refractivity (Wildman–Crippen MR) is 91.0 cm³/mol. The van der Waals surface area contributed by atoms with Crippen molar-refractivity contribution in [3.8, 4) is 22.4 Å². The van der Waals surface area contributed by atoms with E-state index in [2.05, 4.69) is 4.98 Å². The molecule has 0 amide bonds. The second-order valence-corrected chi connectivity index (χ2v) is 6.05. The lowest BCUT2D eigenvalue weighted by Gasteiger charge is -2.14. The molecule has 0 aliphatic heterocycles. The van der Waals surface area contributed by atoms with E-state index in [4.69, 9.17) is 0 Å². The Bertz CT molecular complexity index is 994. The number of alkyl halides is 6. The van der Waals surface area contributed by atoms with E-state index in [-0.39, 0.29) is 22.4 Å². The predicted octanol–water partition coefficient (Wildman–Crippen LogP) is 5.95. The molecule has 0 aliphatic rings. The Kier molecular flexibility index (Phi) is 5.16. The molecule has 0 spiro atoms. The van der Waals surface area contributed by atoms with Gasteiger partial charge in [0.2, 0.25) is 0 Å². The fourth-order valence-corrected chi connectivity index (χ4v) is 2.75. The summed E-state index contributed by atoms with van der Waals surface area (Å²) in [6.07, 6.45) is -7.88. The SMILES string of the molecule is OCc1cnc(-c2cccc(C(F)(F)F)c2)c(-c2cccc(C(F)(F)F)c2)c1. The third-order valence-electron chi connectivity index (χ3n) is 4.09. The van der Waals surface area contributed by atoms with Crippen molar-refractivity contribution < 1.29 is 31.4 Å². The second kappa shape index (κ2) is 7.27. The molecule has 0 bridgehead atoms. The highest BCUT2D eigenvalue weighted by molar-refractivity contribution is 5.81. The molecule has 0 saturated carbocycles. The number of rotatable bonds is 3. The Morgan fingerprint density at radius 1 is 0.750 bits per heavy atom. The summed E-state index contributed by atoms with van der Waals surface area (Å²) < 4.78 is 78.3. The summed E-state index contributed by atoms with van der Waals surface area (Å²) in [7, 11) is 0. The molecule has 2 nitrogen and oxygen atoms in total. The zero-order valence-corrected chi connectivity index (χ0v) is 14.1. The lowest BCUT2D eigenvalue weighted by Crippen LogP contribution is -2.05. The molecule has 1 N–H and O–H groups in total. The number of aliphatic hydroxyl groups is 1.